The Balaban J connectivity index is 1.43. The molecule has 0 saturated heterocycles. The maximum absolute atomic E-state index is 12.1. The fraction of sp³-hybridized carbons (Fsp3) is 0.211. The number of aliphatic imine (C=N–C) groups is 1. The normalized spacial score (nSPS) is 12.5. The van der Waals surface area contributed by atoms with Crippen LogP contribution < -0.4 is 20.7 Å². The summed E-state index contributed by atoms with van der Waals surface area (Å²) in [5.74, 6) is 1.19. The van der Waals surface area contributed by atoms with Crippen LogP contribution in [0.15, 0.2) is 53.5 Å². The molecule has 0 spiro atoms. The van der Waals surface area contributed by atoms with Crippen LogP contribution in [0, 0.1) is 11.3 Å². The zero-order valence-electron chi connectivity index (χ0n) is 14.2. The van der Waals surface area contributed by atoms with Crippen LogP contribution >= 0.6 is 0 Å². The Morgan fingerprint density at radius 1 is 1.27 bits per heavy atom. The molecule has 2 aromatic rings. The number of nitrogens with one attached hydrogen (secondary N) is 3. The third-order valence-corrected chi connectivity index (χ3v) is 3.70. The number of carbonyl (C=O) groups is 1. The van der Waals surface area contributed by atoms with Crippen LogP contribution in [0.4, 0.5) is 5.69 Å². The molecule has 0 saturated carbocycles. The molecule has 3 rings (SSSR count). The van der Waals surface area contributed by atoms with Gasteiger partial charge in [-0.15, -0.1) is 0 Å². The molecular formula is C19H19N5O2. The van der Waals surface area contributed by atoms with E-state index >= 15 is 0 Å². The molecule has 0 unspecified atom stereocenters. The number of hydrogen-bond acceptors (Lipinski definition) is 6. The maximum atomic E-state index is 12.1. The van der Waals surface area contributed by atoms with Gasteiger partial charge in [0.2, 0.25) is 0 Å². The number of carbonyl (C=O) groups excluding carboxylic acids is 1. The van der Waals surface area contributed by atoms with Gasteiger partial charge < -0.3 is 20.7 Å². The van der Waals surface area contributed by atoms with Gasteiger partial charge in [-0.2, -0.15) is 5.26 Å². The lowest BCUT2D eigenvalue weighted by Crippen LogP contribution is -2.28. The second-order valence-corrected chi connectivity index (χ2v) is 5.60. The first-order valence-corrected chi connectivity index (χ1v) is 8.31. The molecule has 0 bridgehead atoms. The average Bonchev–Trinajstić information content (AvgIpc) is 3.19. The van der Waals surface area contributed by atoms with Crippen molar-refractivity contribution in [2.24, 2.45) is 4.99 Å². The summed E-state index contributed by atoms with van der Waals surface area (Å²) in [5, 5.41) is 17.9. The van der Waals surface area contributed by atoms with E-state index in [0.717, 1.165) is 24.7 Å². The van der Waals surface area contributed by atoms with Crippen molar-refractivity contribution in [3.05, 3.63) is 59.7 Å². The summed E-state index contributed by atoms with van der Waals surface area (Å²) >= 11 is 0. The third kappa shape index (κ3) is 4.74. The maximum Gasteiger partial charge on any atom is 0.251 e. The topological polar surface area (TPSA) is 98.5 Å². The lowest BCUT2D eigenvalue weighted by atomic mass is 10.2. The zero-order chi connectivity index (χ0) is 18.2. The number of anilines is 1. The standard InChI is InChI=1S/C19H19N5O2/c20-13-14-2-1-3-17(12-14)26-11-10-21-18(25)15-4-6-16(7-5-15)24-19-22-8-9-23-19/h1-7,12H,8-11H2,(H,21,25)(H2,22,23,24). The molecule has 0 radical (unpaired) electrons. The number of nitriles is 1. The summed E-state index contributed by atoms with van der Waals surface area (Å²) < 4.78 is 5.53. The van der Waals surface area contributed by atoms with Crippen molar-refractivity contribution in [3.63, 3.8) is 0 Å². The molecule has 0 aromatic heterocycles. The van der Waals surface area contributed by atoms with E-state index in [0.29, 0.717) is 30.0 Å². The van der Waals surface area contributed by atoms with Crippen LogP contribution in [0.2, 0.25) is 0 Å². The van der Waals surface area contributed by atoms with Gasteiger partial charge in [-0.25, -0.2) is 0 Å². The number of amides is 1. The first-order chi connectivity index (χ1) is 12.7. The fourth-order valence-electron chi connectivity index (χ4n) is 2.41. The number of guanidine groups is 1. The summed E-state index contributed by atoms with van der Waals surface area (Å²) in [5.41, 5.74) is 1.98. The largest absolute Gasteiger partial charge is 0.492 e. The first-order valence-electron chi connectivity index (χ1n) is 8.31. The van der Waals surface area contributed by atoms with E-state index in [1.54, 1.807) is 36.4 Å². The van der Waals surface area contributed by atoms with Crippen molar-refractivity contribution in [2.45, 2.75) is 0 Å². The van der Waals surface area contributed by atoms with Crippen molar-refractivity contribution in [2.75, 3.05) is 31.6 Å². The van der Waals surface area contributed by atoms with E-state index in [-0.39, 0.29) is 5.91 Å². The molecule has 7 nitrogen and oxygen atoms in total. The Hall–Kier alpha value is -3.53. The summed E-state index contributed by atoms with van der Waals surface area (Å²) in [6.07, 6.45) is 0. The minimum absolute atomic E-state index is 0.165. The molecule has 1 amide bonds. The van der Waals surface area contributed by atoms with Crippen LogP contribution in [0.1, 0.15) is 15.9 Å². The van der Waals surface area contributed by atoms with Gasteiger partial charge >= 0.3 is 0 Å². The summed E-state index contributed by atoms with van der Waals surface area (Å²) in [7, 11) is 0. The van der Waals surface area contributed by atoms with Crippen molar-refractivity contribution in [1.29, 1.82) is 5.26 Å². The molecule has 1 aliphatic rings. The number of nitrogens with zero attached hydrogens (tertiary/aromatic N) is 2. The molecule has 3 N–H and O–H groups in total. The first kappa shape index (κ1) is 17.3. The van der Waals surface area contributed by atoms with Crippen molar-refractivity contribution in [1.82, 2.24) is 10.6 Å². The van der Waals surface area contributed by atoms with Crippen LogP contribution in [-0.4, -0.2) is 38.1 Å². The van der Waals surface area contributed by atoms with Crippen LogP contribution in [0.3, 0.4) is 0 Å². The lowest BCUT2D eigenvalue weighted by molar-refractivity contribution is 0.0947. The smallest absolute Gasteiger partial charge is 0.251 e. The van der Waals surface area contributed by atoms with Gasteiger partial charge in [0.05, 0.1) is 24.7 Å². The molecular weight excluding hydrogens is 330 g/mol. The van der Waals surface area contributed by atoms with Crippen molar-refractivity contribution in [3.8, 4) is 11.8 Å². The molecule has 2 aromatic carbocycles. The van der Waals surface area contributed by atoms with Gasteiger partial charge in [0, 0.05) is 17.8 Å². The highest BCUT2D eigenvalue weighted by Crippen LogP contribution is 2.12. The average molecular weight is 349 g/mol. The second-order valence-electron chi connectivity index (χ2n) is 5.60. The summed E-state index contributed by atoms with van der Waals surface area (Å²) in [4.78, 5) is 16.4. The molecule has 1 heterocycles. The highest BCUT2D eigenvalue weighted by Gasteiger charge is 2.07. The third-order valence-electron chi connectivity index (χ3n) is 3.70. The molecule has 0 atom stereocenters. The highest BCUT2D eigenvalue weighted by molar-refractivity contribution is 5.97. The van der Waals surface area contributed by atoms with Gasteiger partial charge in [0.15, 0.2) is 5.96 Å². The van der Waals surface area contributed by atoms with Crippen molar-refractivity contribution >= 4 is 17.6 Å². The Labute approximate surface area is 151 Å². The van der Waals surface area contributed by atoms with Crippen LogP contribution in [0.5, 0.6) is 5.75 Å². The van der Waals surface area contributed by atoms with Crippen LogP contribution in [-0.2, 0) is 0 Å². The SMILES string of the molecule is N#Cc1cccc(OCCNC(=O)c2ccc(NC3=NCCN3)cc2)c1. The zero-order valence-corrected chi connectivity index (χ0v) is 14.2. The van der Waals surface area contributed by atoms with Gasteiger partial charge in [-0.05, 0) is 42.5 Å². The van der Waals surface area contributed by atoms with Gasteiger partial charge in [-0.1, -0.05) is 6.07 Å². The molecule has 132 valence electrons. The van der Waals surface area contributed by atoms with E-state index in [4.69, 9.17) is 10.00 Å². The van der Waals surface area contributed by atoms with Gasteiger partial charge in [-0.3, -0.25) is 9.79 Å². The van der Waals surface area contributed by atoms with E-state index < -0.39 is 0 Å². The number of benzene rings is 2. The summed E-state index contributed by atoms with van der Waals surface area (Å²) in [6, 6.07) is 16.1. The predicted molar refractivity (Wildman–Crippen MR) is 99.4 cm³/mol. The molecule has 1 aliphatic heterocycles. The molecule has 26 heavy (non-hydrogen) atoms. The summed E-state index contributed by atoms with van der Waals surface area (Å²) in [6.45, 7) is 2.31. The fourth-order valence-corrected chi connectivity index (χ4v) is 2.41. The monoisotopic (exact) mass is 349 g/mol. The quantitative estimate of drug-likeness (QED) is 0.690. The van der Waals surface area contributed by atoms with E-state index in [1.807, 2.05) is 12.1 Å². The molecule has 0 aliphatic carbocycles. The Kier molecular flexibility index (Phi) is 5.68. The molecule has 7 heteroatoms. The minimum Gasteiger partial charge on any atom is -0.492 e. The van der Waals surface area contributed by atoms with Crippen molar-refractivity contribution < 1.29 is 9.53 Å². The number of ether oxygens (including phenoxy) is 1. The van der Waals surface area contributed by atoms with Gasteiger partial charge in [0.25, 0.3) is 5.91 Å². The predicted octanol–water partition coefficient (Wildman–Crippen LogP) is 1.74. The lowest BCUT2D eigenvalue weighted by Gasteiger charge is -2.09. The number of rotatable bonds is 6. The number of hydrogen-bond donors (Lipinski definition) is 3. The van der Waals surface area contributed by atoms with E-state index in [1.165, 1.54) is 0 Å². The van der Waals surface area contributed by atoms with E-state index in [2.05, 4.69) is 27.0 Å². The second kappa shape index (κ2) is 8.53. The van der Waals surface area contributed by atoms with E-state index in [9.17, 15) is 4.79 Å². The Bertz CT molecular complexity index is 840. The highest BCUT2D eigenvalue weighted by atomic mass is 16.5. The minimum atomic E-state index is -0.165. The Morgan fingerprint density at radius 3 is 2.85 bits per heavy atom. The molecule has 0 fully saturated rings. The van der Waals surface area contributed by atoms with Gasteiger partial charge in [0.1, 0.15) is 12.4 Å². The van der Waals surface area contributed by atoms with Crippen LogP contribution in [0.25, 0.3) is 0 Å². The Morgan fingerprint density at radius 2 is 2.12 bits per heavy atom.